The molecule has 0 aliphatic heterocycles. The van der Waals surface area contributed by atoms with Gasteiger partial charge in [-0.05, 0) is 24.3 Å². The van der Waals surface area contributed by atoms with Gasteiger partial charge in [0.05, 0.1) is 5.69 Å². The van der Waals surface area contributed by atoms with Crippen LogP contribution in [0.5, 0.6) is 5.88 Å². The summed E-state index contributed by atoms with van der Waals surface area (Å²) in [6.45, 7) is 0. The lowest BCUT2D eigenvalue weighted by molar-refractivity contribution is 0.430. The Kier molecular flexibility index (Phi) is 3.52. The molecule has 2 rings (SSSR count). The van der Waals surface area contributed by atoms with E-state index in [1.165, 1.54) is 13.3 Å². The third-order valence-electron chi connectivity index (χ3n) is 2.46. The molecule has 1 heterocycles. The van der Waals surface area contributed by atoms with Gasteiger partial charge in [0.25, 0.3) is 5.56 Å². The molecule has 2 aromatic rings. The quantitative estimate of drug-likeness (QED) is 0.802. The van der Waals surface area contributed by atoms with Crippen LogP contribution in [0.15, 0.2) is 38.8 Å². The highest BCUT2D eigenvalue weighted by Gasteiger charge is 2.13. The van der Waals surface area contributed by atoms with Gasteiger partial charge in [-0.25, -0.2) is 9.36 Å². The smallest absolute Gasteiger partial charge is 0.335 e. The molecule has 0 saturated heterocycles. The number of benzene rings is 1. The van der Waals surface area contributed by atoms with E-state index >= 15 is 0 Å². The Morgan fingerprint density at radius 1 is 1.32 bits per heavy atom. The molecule has 0 bridgehead atoms. The number of nitrogens with zero attached hydrogens (tertiary/aromatic N) is 2. The van der Waals surface area contributed by atoms with Crippen molar-refractivity contribution in [3.8, 4) is 11.6 Å². The lowest BCUT2D eigenvalue weighted by Gasteiger charge is -2.09. The van der Waals surface area contributed by atoms with Gasteiger partial charge in [0.2, 0.25) is 5.88 Å². The topological polar surface area (TPSA) is 87.4 Å². The highest BCUT2D eigenvalue weighted by molar-refractivity contribution is 6.30. The van der Waals surface area contributed by atoms with Gasteiger partial charge >= 0.3 is 5.69 Å². The Labute approximate surface area is 112 Å². The minimum atomic E-state index is -0.738. The van der Waals surface area contributed by atoms with E-state index in [1.54, 1.807) is 24.3 Å². The van der Waals surface area contributed by atoms with Crippen molar-refractivity contribution in [2.24, 2.45) is 4.99 Å². The summed E-state index contributed by atoms with van der Waals surface area (Å²) in [5, 5.41) is 10.5. The van der Waals surface area contributed by atoms with Crippen LogP contribution >= 0.6 is 11.6 Å². The second-order valence-electron chi connectivity index (χ2n) is 3.70. The van der Waals surface area contributed by atoms with Crippen molar-refractivity contribution in [3.63, 3.8) is 0 Å². The molecule has 1 aromatic heterocycles. The van der Waals surface area contributed by atoms with Crippen LogP contribution in [0.3, 0.4) is 0 Å². The maximum atomic E-state index is 11.8. The summed E-state index contributed by atoms with van der Waals surface area (Å²) in [6, 6.07) is 6.24. The van der Waals surface area contributed by atoms with Crippen molar-refractivity contribution >= 4 is 17.8 Å². The van der Waals surface area contributed by atoms with Crippen molar-refractivity contribution in [1.82, 2.24) is 9.55 Å². The summed E-state index contributed by atoms with van der Waals surface area (Å²) in [6.07, 6.45) is 1.18. The molecule has 1 aromatic carbocycles. The number of aromatic nitrogens is 2. The SMILES string of the molecule is CN=Cc1c(O)n(-c2ccc(Cl)cc2)c(=O)[nH]c1=O. The zero-order valence-electron chi connectivity index (χ0n) is 9.92. The summed E-state index contributed by atoms with van der Waals surface area (Å²) < 4.78 is 0.967. The van der Waals surface area contributed by atoms with Crippen molar-refractivity contribution < 1.29 is 5.11 Å². The van der Waals surface area contributed by atoms with Crippen molar-refractivity contribution in [3.05, 3.63) is 55.7 Å². The number of hydrogen-bond donors (Lipinski definition) is 2. The van der Waals surface area contributed by atoms with Crippen LogP contribution in [0, 0.1) is 0 Å². The maximum absolute atomic E-state index is 11.8. The first kappa shape index (κ1) is 13.1. The number of aliphatic imine (C=N–C) groups is 1. The number of halogens is 1. The van der Waals surface area contributed by atoms with E-state index in [9.17, 15) is 14.7 Å². The average molecular weight is 280 g/mol. The van der Waals surface area contributed by atoms with Gasteiger partial charge in [-0.2, -0.15) is 0 Å². The fourth-order valence-corrected chi connectivity index (χ4v) is 1.74. The third kappa shape index (κ3) is 2.43. The number of aromatic hydroxyl groups is 1. The lowest BCUT2D eigenvalue weighted by Crippen LogP contribution is -2.31. The van der Waals surface area contributed by atoms with Crippen LogP contribution in [0.25, 0.3) is 5.69 Å². The number of H-pyrrole nitrogens is 1. The van der Waals surface area contributed by atoms with Gasteiger partial charge in [-0.15, -0.1) is 0 Å². The Morgan fingerprint density at radius 2 is 1.95 bits per heavy atom. The van der Waals surface area contributed by atoms with Crippen molar-refractivity contribution in [1.29, 1.82) is 0 Å². The van der Waals surface area contributed by atoms with Crippen LogP contribution in [-0.4, -0.2) is 27.9 Å². The number of hydrogen-bond acceptors (Lipinski definition) is 4. The monoisotopic (exact) mass is 279 g/mol. The van der Waals surface area contributed by atoms with Crippen molar-refractivity contribution in [2.75, 3.05) is 7.05 Å². The van der Waals surface area contributed by atoms with Crippen LogP contribution in [0.2, 0.25) is 5.02 Å². The van der Waals surface area contributed by atoms with Crippen LogP contribution in [0.1, 0.15) is 5.56 Å². The van der Waals surface area contributed by atoms with E-state index in [2.05, 4.69) is 9.98 Å². The Bertz CT molecular complexity index is 744. The summed E-state index contributed by atoms with van der Waals surface area (Å²) in [7, 11) is 1.45. The molecule has 0 spiro atoms. The molecule has 2 N–H and O–H groups in total. The highest BCUT2D eigenvalue weighted by Crippen LogP contribution is 2.17. The van der Waals surface area contributed by atoms with Crippen LogP contribution in [0.4, 0.5) is 0 Å². The fraction of sp³-hybridized carbons (Fsp3) is 0.0833. The minimum Gasteiger partial charge on any atom is -0.493 e. The zero-order valence-corrected chi connectivity index (χ0v) is 10.7. The highest BCUT2D eigenvalue weighted by atomic mass is 35.5. The van der Waals surface area contributed by atoms with Gasteiger partial charge in [-0.3, -0.25) is 14.8 Å². The van der Waals surface area contributed by atoms with E-state index in [0.29, 0.717) is 10.7 Å². The second-order valence-corrected chi connectivity index (χ2v) is 4.13. The average Bonchev–Trinajstić information content (AvgIpc) is 2.36. The molecule has 0 fully saturated rings. The number of rotatable bonds is 2. The number of nitrogens with one attached hydrogen (secondary N) is 1. The van der Waals surface area contributed by atoms with Gasteiger partial charge in [-0.1, -0.05) is 11.6 Å². The van der Waals surface area contributed by atoms with E-state index in [4.69, 9.17) is 11.6 Å². The predicted molar refractivity (Wildman–Crippen MR) is 72.9 cm³/mol. The zero-order chi connectivity index (χ0) is 14.0. The molecule has 0 atom stereocenters. The standard InChI is InChI=1S/C12H10ClN3O3/c1-14-6-9-10(17)15-12(19)16(11(9)18)8-4-2-7(13)3-5-8/h2-6,18H,1H3,(H,15,17,19). The normalized spacial score (nSPS) is 11.1. The Balaban J connectivity index is 2.77. The molecule has 0 amide bonds. The third-order valence-corrected chi connectivity index (χ3v) is 2.72. The summed E-state index contributed by atoms with van der Waals surface area (Å²) in [4.78, 5) is 29.1. The van der Waals surface area contributed by atoms with Gasteiger partial charge < -0.3 is 5.11 Å². The Morgan fingerprint density at radius 3 is 2.53 bits per heavy atom. The molecule has 0 unspecified atom stereocenters. The van der Waals surface area contributed by atoms with Crippen molar-refractivity contribution in [2.45, 2.75) is 0 Å². The molecular formula is C12H10ClN3O3. The molecule has 7 heteroatoms. The molecule has 6 nitrogen and oxygen atoms in total. The Hall–Kier alpha value is -2.34. The molecular weight excluding hydrogens is 270 g/mol. The summed E-state index contributed by atoms with van der Waals surface area (Å²) in [5.41, 5.74) is -1.14. The molecule has 0 radical (unpaired) electrons. The molecule has 19 heavy (non-hydrogen) atoms. The number of aromatic amines is 1. The largest absolute Gasteiger partial charge is 0.493 e. The maximum Gasteiger partial charge on any atom is 0.335 e. The first-order valence-corrected chi connectivity index (χ1v) is 5.69. The van der Waals surface area contributed by atoms with Crippen LogP contribution in [-0.2, 0) is 0 Å². The van der Waals surface area contributed by atoms with E-state index in [0.717, 1.165) is 4.57 Å². The van der Waals surface area contributed by atoms with Gasteiger partial charge in [0.15, 0.2) is 0 Å². The van der Waals surface area contributed by atoms with Crippen LogP contribution < -0.4 is 11.2 Å². The first-order chi connectivity index (χ1) is 9.04. The fourth-order valence-electron chi connectivity index (χ4n) is 1.61. The predicted octanol–water partition coefficient (Wildman–Crippen LogP) is 0.933. The summed E-state index contributed by atoms with van der Waals surface area (Å²) in [5.74, 6) is -0.471. The van der Waals surface area contributed by atoms with E-state index in [-0.39, 0.29) is 5.56 Å². The first-order valence-electron chi connectivity index (χ1n) is 5.31. The molecule has 0 saturated carbocycles. The van der Waals surface area contributed by atoms with Gasteiger partial charge in [0, 0.05) is 18.3 Å². The molecule has 98 valence electrons. The lowest BCUT2D eigenvalue weighted by atomic mass is 10.3. The summed E-state index contributed by atoms with van der Waals surface area (Å²) >= 11 is 5.76. The minimum absolute atomic E-state index is 0.0861. The second kappa shape index (κ2) is 5.11. The molecule has 0 aliphatic rings. The van der Waals surface area contributed by atoms with Gasteiger partial charge in [0.1, 0.15) is 5.56 Å². The van der Waals surface area contributed by atoms with E-state index < -0.39 is 17.1 Å². The molecule has 0 aliphatic carbocycles. The van der Waals surface area contributed by atoms with E-state index in [1.807, 2.05) is 0 Å².